The van der Waals surface area contributed by atoms with Gasteiger partial charge in [-0.05, 0) is 23.8 Å². The SMILES string of the molecule is COc1ccc2c3c1O[C@H]1[C@@]4(OC)C=C[C@]5([C@@H](C2)[N+](C)(C(=O)c2ccccc2)CC[C@]315)[C@@H]1[C@H]4C(O)=CS1(=O)=O. The minimum absolute atomic E-state index is 0.0378. The van der Waals surface area contributed by atoms with Gasteiger partial charge in [0.25, 0.3) is 0 Å². The Morgan fingerprint density at radius 3 is 2.62 bits per heavy atom. The number of nitrogens with zero attached hydrogens (tertiary/aromatic N) is 1. The Kier molecular flexibility index (Phi) is 4.22. The molecule has 2 aromatic carbocycles. The predicted molar refractivity (Wildman–Crippen MR) is 141 cm³/mol. The zero-order chi connectivity index (χ0) is 27.2. The zero-order valence-electron chi connectivity index (χ0n) is 22.0. The van der Waals surface area contributed by atoms with Gasteiger partial charge in [-0.25, -0.2) is 13.2 Å². The number of rotatable bonds is 3. The first-order chi connectivity index (χ1) is 18.6. The van der Waals surface area contributed by atoms with E-state index in [1.54, 1.807) is 14.2 Å². The number of aliphatic hydroxyl groups excluding tert-OH is 1. The third-order valence-corrected chi connectivity index (χ3v) is 13.0. The van der Waals surface area contributed by atoms with Gasteiger partial charge in [-0.1, -0.05) is 36.4 Å². The van der Waals surface area contributed by atoms with Crippen molar-refractivity contribution >= 4 is 15.7 Å². The maximum atomic E-state index is 14.4. The van der Waals surface area contributed by atoms with Gasteiger partial charge in [-0.3, -0.25) is 4.48 Å². The van der Waals surface area contributed by atoms with Crippen LogP contribution in [0.25, 0.3) is 0 Å². The van der Waals surface area contributed by atoms with Crippen LogP contribution in [0.1, 0.15) is 27.9 Å². The first-order valence-corrected chi connectivity index (χ1v) is 15.0. The smallest absolute Gasteiger partial charge is 0.345 e. The van der Waals surface area contributed by atoms with E-state index in [-0.39, 0.29) is 16.1 Å². The Hall–Kier alpha value is -3.14. The Labute approximate surface area is 227 Å². The maximum absolute atomic E-state index is 14.4. The Morgan fingerprint density at radius 2 is 1.90 bits per heavy atom. The molecule has 1 unspecified atom stereocenters. The number of hydrogen-bond donors (Lipinski definition) is 1. The molecule has 0 aromatic heterocycles. The molecule has 2 aromatic rings. The monoisotopic (exact) mass is 548 g/mol. The second-order valence-electron chi connectivity index (χ2n) is 12.1. The number of piperidine rings is 1. The van der Waals surface area contributed by atoms with E-state index in [4.69, 9.17) is 14.2 Å². The van der Waals surface area contributed by atoms with E-state index in [0.717, 1.165) is 16.5 Å². The summed E-state index contributed by atoms with van der Waals surface area (Å²) in [6.45, 7) is 0.514. The van der Waals surface area contributed by atoms with Crippen LogP contribution in [0.2, 0.25) is 0 Å². The van der Waals surface area contributed by atoms with Crippen molar-refractivity contribution in [2.24, 2.45) is 11.3 Å². The van der Waals surface area contributed by atoms with Crippen LogP contribution in [0.4, 0.5) is 0 Å². The minimum atomic E-state index is -3.91. The van der Waals surface area contributed by atoms with Crippen LogP contribution >= 0.6 is 0 Å². The molecule has 39 heavy (non-hydrogen) atoms. The Bertz CT molecular complexity index is 1650. The molecule has 7 aliphatic rings. The van der Waals surface area contributed by atoms with Gasteiger partial charge in [-0.15, -0.1) is 0 Å². The number of quaternary nitrogens is 1. The molecule has 1 N–H and O–H groups in total. The van der Waals surface area contributed by atoms with Crippen molar-refractivity contribution in [3.63, 3.8) is 0 Å². The van der Waals surface area contributed by atoms with Crippen LogP contribution in [0.15, 0.2) is 65.8 Å². The summed E-state index contributed by atoms with van der Waals surface area (Å²) in [4.78, 5) is 14.4. The zero-order valence-corrected chi connectivity index (χ0v) is 22.8. The van der Waals surface area contributed by atoms with Crippen molar-refractivity contribution in [2.75, 3.05) is 27.8 Å². The van der Waals surface area contributed by atoms with Crippen LogP contribution in [-0.2, 0) is 26.4 Å². The second-order valence-corrected chi connectivity index (χ2v) is 14.0. The molecule has 9 rings (SSSR count). The largest absolute Gasteiger partial charge is 0.511 e. The van der Waals surface area contributed by atoms with E-state index >= 15 is 0 Å². The van der Waals surface area contributed by atoms with E-state index in [9.17, 15) is 18.3 Å². The van der Waals surface area contributed by atoms with Gasteiger partial charge in [0.1, 0.15) is 23.5 Å². The van der Waals surface area contributed by atoms with Crippen molar-refractivity contribution < 1.29 is 37.0 Å². The van der Waals surface area contributed by atoms with Gasteiger partial charge < -0.3 is 19.3 Å². The van der Waals surface area contributed by atoms with Crippen molar-refractivity contribution in [3.05, 3.63) is 82.5 Å². The molecule has 202 valence electrons. The molecule has 4 bridgehead atoms. The molecule has 1 saturated heterocycles. The van der Waals surface area contributed by atoms with Crippen LogP contribution in [0, 0.1) is 11.3 Å². The summed E-state index contributed by atoms with van der Waals surface area (Å²) in [5.41, 5.74) is -0.380. The molecular formula is C30H30NO7S+. The summed E-state index contributed by atoms with van der Waals surface area (Å²) in [5.74, 6) is 0.119. The molecule has 3 aliphatic heterocycles. The van der Waals surface area contributed by atoms with E-state index in [1.165, 1.54) is 0 Å². The summed E-state index contributed by atoms with van der Waals surface area (Å²) in [5, 5.41) is 11.3. The molecule has 4 aliphatic carbocycles. The number of likely N-dealkylation sites (N-methyl/N-ethyl adjacent to an activating group) is 1. The van der Waals surface area contributed by atoms with Crippen LogP contribution in [0.3, 0.4) is 0 Å². The van der Waals surface area contributed by atoms with Crippen LogP contribution < -0.4 is 9.47 Å². The van der Waals surface area contributed by atoms with Crippen molar-refractivity contribution in [1.82, 2.24) is 0 Å². The highest BCUT2D eigenvalue weighted by Gasteiger charge is 2.88. The van der Waals surface area contributed by atoms with Crippen molar-refractivity contribution in [3.8, 4) is 11.5 Å². The first-order valence-electron chi connectivity index (χ1n) is 13.3. The number of amides is 1. The number of likely N-dealkylation sites (tertiary alicyclic amines) is 1. The van der Waals surface area contributed by atoms with Crippen LogP contribution in [-0.4, -0.2) is 74.7 Å². The van der Waals surface area contributed by atoms with E-state index in [0.29, 0.717) is 36.4 Å². The first kappa shape index (κ1) is 23.7. The lowest BCUT2D eigenvalue weighted by Crippen LogP contribution is -2.86. The van der Waals surface area contributed by atoms with Gasteiger partial charge >= 0.3 is 5.91 Å². The Balaban J connectivity index is 1.48. The summed E-state index contributed by atoms with van der Waals surface area (Å²) >= 11 is 0. The molecule has 8 nitrogen and oxygen atoms in total. The lowest BCUT2D eigenvalue weighted by molar-refractivity contribution is -0.873. The molecule has 9 heteroatoms. The summed E-state index contributed by atoms with van der Waals surface area (Å²) in [6.07, 6.45) is 4.35. The quantitative estimate of drug-likeness (QED) is 0.465. The fraction of sp³-hybridized carbons (Fsp3) is 0.433. The highest BCUT2D eigenvalue weighted by Crippen LogP contribution is 2.77. The third-order valence-electron chi connectivity index (χ3n) is 11.0. The number of aliphatic hydroxyl groups is 1. The van der Waals surface area contributed by atoms with Gasteiger partial charge in [0, 0.05) is 25.5 Å². The fourth-order valence-corrected chi connectivity index (χ4v) is 12.1. The Morgan fingerprint density at radius 1 is 1.13 bits per heavy atom. The fourth-order valence-electron chi connectivity index (χ4n) is 9.71. The molecule has 1 amide bonds. The minimum Gasteiger partial charge on any atom is -0.511 e. The number of carbonyl (C=O) groups is 1. The van der Waals surface area contributed by atoms with E-state index < -0.39 is 49.6 Å². The molecule has 3 heterocycles. The number of methoxy groups -OCH3 is 2. The maximum Gasteiger partial charge on any atom is 0.345 e. The standard InChI is InChI=1S/C30H29NO7S/c1-31(26(33)17-7-5-4-6-8-17)14-13-29-22-18-9-10-20(36-2)24(22)38-27(29)30(37-3)12-11-28(29,21(31)15-18)25-23(30)19(32)16-39(25,34)35/h4-12,16,21,23,25,27H,13-15H2,1-3H3/p+1/t21-,23-,25+,27-,28+,29+,30-,31?/m1/s1. The number of hydrogen-bond acceptors (Lipinski definition) is 7. The molecular weight excluding hydrogens is 518 g/mol. The molecule has 2 spiro atoms. The molecule has 1 saturated carbocycles. The van der Waals surface area contributed by atoms with Crippen molar-refractivity contribution in [2.45, 2.75) is 41.3 Å². The normalized spacial score (nSPS) is 42.8. The predicted octanol–water partition coefficient (Wildman–Crippen LogP) is 3.08. The summed E-state index contributed by atoms with van der Waals surface area (Å²) < 4.78 is 47.0. The lowest BCUT2D eigenvalue weighted by atomic mass is 9.36. The highest BCUT2D eigenvalue weighted by atomic mass is 32.2. The van der Waals surface area contributed by atoms with Gasteiger partial charge in [0.2, 0.25) is 0 Å². The lowest BCUT2D eigenvalue weighted by Gasteiger charge is -2.72. The van der Waals surface area contributed by atoms with E-state index in [2.05, 4.69) is 0 Å². The van der Waals surface area contributed by atoms with E-state index in [1.807, 2.05) is 61.7 Å². The highest BCUT2D eigenvalue weighted by molar-refractivity contribution is 7.95. The topological polar surface area (TPSA) is 99.1 Å². The average Bonchev–Trinajstić information content (AvgIpc) is 3.44. The summed E-state index contributed by atoms with van der Waals surface area (Å²) in [6, 6.07) is 12.8. The van der Waals surface area contributed by atoms with Gasteiger partial charge in [0.05, 0.1) is 53.7 Å². The number of benzene rings is 2. The van der Waals surface area contributed by atoms with Crippen molar-refractivity contribution in [1.29, 1.82) is 0 Å². The third kappa shape index (κ3) is 2.27. The van der Waals surface area contributed by atoms with Gasteiger partial charge in [-0.2, -0.15) is 0 Å². The number of carbonyl (C=O) groups excluding carboxylic acids is 1. The van der Waals surface area contributed by atoms with Gasteiger partial charge in [0.15, 0.2) is 21.3 Å². The second kappa shape index (κ2) is 6.95. The average molecular weight is 549 g/mol. The number of ether oxygens (including phenoxy) is 3. The number of sulfone groups is 1. The van der Waals surface area contributed by atoms with Crippen LogP contribution in [0.5, 0.6) is 11.5 Å². The molecule has 0 radical (unpaired) electrons. The summed E-state index contributed by atoms with van der Waals surface area (Å²) in [7, 11) is 1.19. The molecule has 2 fully saturated rings. The molecule has 8 atom stereocenters.